The standard InChI is InChI=1S/C37H42F2N8O4S/c1-19-14-49-8-7-46(19)17-37(5-6-37)18-51-36-43-32-29(35(44-36)47-21-3-4-22(47)13-45(12-21)11-20(2)48)25-16-50-15-24(25)27(30(32)39)31-28-23(9-40)34(41)52-33(28)26(38)10-42-31/h10,19-22,48H,3-8,11-18,41H2,1-2H3/t19-,20-,21?,22?/m1/s1. The highest BCUT2D eigenvalue weighted by molar-refractivity contribution is 7.23. The molecule has 15 heteroatoms. The molecule has 1 saturated carbocycles. The number of anilines is 2. The van der Waals surface area contributed by atoms with Gasteiger partial charge in [0.15, 0.2) is 11.6 Å². The van der Waals surface area contributed by atoms with E-state index in [-0.39, 0.29) is 74.1 Å². The van der Waals surface area contributed by atoms with E-state index in [2.05, 4.69) is 32.7 Å². The fourth-order valence-corrected chi connectivity index (χ4v) is 9.83. The van der Waals surface area contributed by atoms with Gasteiger partial charge in [0.1, 0.15) is 22.4 Å². The zero-order valence-corrected chi connectivity index (χ0v) is 30.1. The molecule has 0 spiro atoms. The molecule has 12 nitrogen and oxygen atoms in total. The normalized spacial score (nSPS) is 24.8. The lowest BCUT2D eigenvalue weighted by molar-refractivity contribution is -0.0134. The van der Waals surface area contributed by atoms with E-state index in [0.29, 0.717) is 49.2 Å². The van der Waals surface area contributed by atoms with Crippen molar-refractivity contribution in [1.29, 1.82) is 5.26 Å². The number of aliphatic hydroxyl groups is 1. The number of ether oxygens (including phenoxy) is 3. The number of nitrogens with two attached hydrogens (primary N) is 1. The quantitative estimate of drug-likeness (QED) is 0.248. The molecule has 3 N–H and O–H groups in total. The summed E-state index contributed by atoms with van der Waals surface area (Å²) in [7, 11) is 0. The minimum atomic E-state index is -0.648. The monoisotopic (exact) mass is 732 g/mol. The highest BCUT2D eigenvalue weighted by atomic mass is 32.1. The number of morpholine rings is 1. The number of hydrogen-bond donors (Lipinski definition) is 2. The van der Waals surface area contributed by atoms with Crippen LogP contribution in [0.2, 0.25) is 0 Å². The van der Waals surface area contributed by atoms with Crippen molar-refractivity contribution in [2.45, 2.75) is 77.0 Å². The van der Waals surface area contributed by atoms with E-state index in [1.807, 2.05) is 0 Å². The molecule has 52 heavy (non-hydrogen) atoms. The van der Waals surface area contributed by atoms with Gasteiger partial charge in [-0.2, -0.15) is 15.2 Å². The summed E-state index contributed by atoms with van der Waals surface area (Å²) in [4.78, 5) is 21.4. The smallest absolute Gasteiger partial charge is 0.319 e. The fraction of sp³-hybridized carbons (Fsp3) is 0.568. The van der Waals surface area contributed by atoms with Gasteiger partial charge in [-0.05, 0) is 50.7 Å². The van der Waals surface area contributed by atoms with Crippen LogP contribution in [0, 0.1) is 28.4 Å². The second-order valence-corrected chi connectivity index (χ2v) is 16.4. The Labute approximate surface area is 304 Å². The molecule has 2 unspecified atom stereocenters. The Morgan fingerprint density at radius 3 is 2.63 bits per heavy atom. The van der Waals surface area contributed by atoms with E-state index in [9.17, 15) is 10.4 Å². The first kappa shape index (κ1) is 34.0. The number of aromatic nitrogens is 3. The number of nitrogens with zero attached hydrogens (tertiary/aromatic N) is 7. The number of halogens is 2. The lowest BCUT2D eigenvalue weighted by atomic mass is 9.93. The summed E-state index contributed by atoms with van der Waals surface area (Å²) >= 11 is 0.948. The van der Waals surface area contributed by atoms with E-state index in [1.165, 1.54) is 0 Å². The van der Waals surface area contributed by atoms with Gasteiger partial charge in [-0.25, -0.2) is 8.78 Å². The minimum absolute atomic E-state index is 0.0403. The third kappa shape index (κ3) is 5.66. The summed E-state index contributed by atoms with van der Waals surface area (Å²) in [6, 6.07) is 2.72. The highest BCUT2D eigenvalue weighted by Gasteiger charge is 2.47. The Bertz CT molecular complexity index is 2110. The molecule has 4 aliphatic heterocycles. The second-order valence-electron chi connectivity index (χ2n) is 15.3. The van der Waals surface area contributed by atoms with Crippen molar-refractivity contribution in [3.63, 3.8) is 0 Å². The molecule has 4 aromatic rings. The van der Waals surface area contributed by atoms with E-state index in [4.69, 9.17) is 29.9 Å². The average Bonchev–Trinajstić information content (AvgIpc) is 3.40. The summed E-state index contributed by atoms with van der Waals surface area (Å²) in [5.41, 5.74) is 7.86. The molecule has 0 radical (unpaired) electrons. The highest BCUT2D eigenvalue weighted by Crippen LogP contribution is 2.50. The van der Waals surface area contributed by atoms with Crippen molar-refractivity contribution in [2.75, 3.05) is 63.2 Å². The van der Waals surface area contributed by atoms with Crippen molar-refractivity contribution in [3.05, 3.63) is 34.5 Å². The van der Waals surface area contributed by atoms with Crippen molar-refractivity contribution >= 4 is 43.1 Å². The number of pyridine rings is 1. The van der Waals surface area contributed by atoms with Gasteiger partial charge < -0.3 is 30.0 Å². The molecular weight excluding hydrogens is 691 g/mol. The third-order valence-corrected chi connectivity index (χ3v) is 12.7. The van der Waals surface area contributed by atoms with Gasteiger partial charge in [0.25, 0.3) is 0 Å². The Morgan fingerprint density at radius 1 is 1.15 bits per heavy atom. The summed E-state index contributed by atoms with van der Waals surface area (Å²) in [5.74, 6) is -0.653. The number of piperazine rings is 1. The number of benzene rings is 1. The number of thiophene rings is 1. The van der Waals surface area contributed by atoms with Crippen LogP contribution >= 0.6 is 11.3 Å². The lowest BCUT2D eigenvalue weighted by Crippen LogP contribution is -2.55. The fourth-order valence-electron chi connectivity index (χ4n) is 8.91. The topological polar surface area (TPSA) is 146 Å². The van der Waals surface area contributed by atoms with Crippen LogP contribution in [-0.2, 0) is 22.7 Å². The zero-order chi connectivity index (χ0) is 35.9. The van der Waals surface area contributed by atoms with Crippen molar-refractivity contribution in [1.82, 2.24) is 24.8 Å². The van der Waals surface area contributed by atoms with Crippen LogP contribution in [0.1, 0.15) is 56.2 Å². The van der Waals surface area contributed by atoms with E-state index in [0.717, 1.165) is 75.0 Å². The molecule has 5 aliphatic rings. The van der Waals surface area contributed by atoms with Gasteiger partial charge in [-0.15, -0.1) is 11.3 Å². The average molecular weight is 733 g/mol. The zero-order valence-electron chi connectivity index (χ0n) is 29.3. The lowest BCUT2D eigenvalue weighted by Gasteiger charge is -2.42. The van der Waals surface area contributed by atoms with Gasteiger partial charge in [-0.1, -0.05) is 0 Å². The second kappa shape index (κ2) is 13.0. The van der Waals surface area contributed by atoms with Gasteiger partial charge in [0.2, 0.25) is 0 Å². The molecule has 9 rings (SSSR count). The molecule has 3 aromatic heterocycles. The summed E-state index contributed by atoms with van der Waals surface area (Å²) in [6.45, 7) is 9.95. The molecule has 1 aliphatic carbocycles. The van der Waals surface area contributed by atoms with Crippen LogP contribution in [0.25, 0.3) is 32.2 Å². The van der Waals surface area contributed by atoms with Crippen LogP contribution in [-0.4, -0.2) is 107 Å². The number of likely N-dealkylation sites (tertiary alicyclic amines) is 1. The number of nitriles is 1. The molecule has 4 atom stereocenters. The molecular formula is C37H42F2N8O4S. The first-order valence-corrected chi connectivity index (χ1v) is 19.0. The van der Waals surface area contributed by atoms with E-state index in [1.54, 1.807) is 6.92 Å². The SMILES string of the molecule is C[C@@H]1COCCN1CC1(COc2nc(N3C4CCC3CN(C[C@@H](C)O)C4)c3c4c(c(-c5ncc(F)c6sc(N)c(C#N)c56)c(F)c3n2)COC4)CC1. The van der Waals surface area contributed by atoms with Crippen LogP contribution in [0.4, 0.5) is 19.6 Å². The third-order valence-electron chi connectivity index (χ3n) is 11.6. The molecule has 1 aromatic carbocycles. The molecule has 0 amide bonds. The van der Waals surface area contributed by atoms with Crippen LogP contribution in [0.3, 0.4) is 0 Å². The first-order chi connectivity index (χ1) is 25.1. The number of fused-ring (bicyclic) bond motifs is 6. The summed E-state index contributed by atoms with van der Waals surface area (Å²) in [5, 5.41) is 21.1. The molecule has 274 valence electrons. The van der Waals surface area contributed by atoms with Crippen LogP contribution in [0.5, 0.6) is 6.01 Å². The van der Waals surface area contributed by atoms with E-state index >= 15 is 8.78 Å². The summed E-state index contributed by atoms with van der Waals surface area (Å²) < 4.78 is 50.9. The van der Waals surface area contributed by atoms with Crippen LogP contribution < -0.4 is 15.4 Å². The van der Waals surface area contributed by atoms with E-state index < -0.39 is 17.7 Å². The Morgan fingerprint density at radius 2 is 1.92 bits per heavy atom. The Hall–Kier alpha value is -3.78. The number of rotatable bonds is 9. The van der Waals surface area contributed by atoms with Crippen molar-refractivity contribution in [2.24, 2.45) is 5.41 Å². The number of aliphatic hydroxyl groups excluding tert-OH is 1. The number of nitrogen functional groups attached to an aromatic ring is 1. The van der Waals surface area contributed by atoms with Gasteiger partial charge in [0.05, 0.1) is 66.7 Å². The van der Waals surface area contributed by atoms with Crippen molar-refractivity contribution < 1.29 is 28.1 Å². The maximum Gasteiger partial charge on any atom is 0.319 e. The summed E-state index contributed by atoms with van der Waals surface area (Å²) in [6.07, 6.45) is 4.53. The number of β-amino-alcohol motifs (C(OH)–C–C–N with tert-alkyl or cyclic N) is 1. The molecule has 7 heterocycles. The molecule has 3 saturated heterocycles. The van der Waals surface area contributed by atoms with Crippen molar-refractivity contribution in [3.8, 4) is 23.3 Å². The minimum Gasteiger partial charge on any atom is -0.463 e. The first-order valence-electron chi connectivity index (χ1n) is 18.2. The van der Waals surface area contributed by atoms with Gasteiger partial charge >= 0.3 is 6.01 Å². The maximum atomic E-state index is 17.5. The largest absolute Gasteiger partial charge is 0.463 e. The van der Waals surface area contributed by atoms with Gasteiger partial charge in [-0.3, -0.25) is 14.8 Å². The predicted molar refractivity (Wildman–Crippen MR) is 192 cm³/mol. The van der Waals surface area contributed by atoms with Crippen LogP contribution in [0.15, 0.2) is 6.20 Å². The number of hydrogen-bond acceptors (Lipinski definition) is 13. The molecule has 4 fully saturated rings. The van der Waals surface area contributed by atoms with Gasteiger partial charge in [0, 0.05) is 67.2 Å². The molecule has 2 bridgehead atoms. The Balaban J connectivity index is 1.19. The Kier molecular flexibility index (Phi) is 8.48. The maximum absolute atomic E-state index is 17.5. The predicted octanol–water partition coefficient (Wildman–Crippen LogP) is 4.58.